The topological polar surface area (TPSA) is 18.5 Å². The summed E-state index contributed by atoms with van der Waals surface area (Å²) < 4.78 is 13.0. The quantitative estimate of drug-likeness (QED) is 0.469. The van der Waals surface area contributed by atoms with Crippen molar-refractivity contribution in [1.82, 2.24) is 0 Å². The normalized spacial score (nSPS) is 34.0. The summed E-state index contributed by atoms with van der Waals surface area (Å²) in [5, 5.41) is 0. The Labute approximate surface area is 166 Å². The molecule has 3 aliphatic rings. The van der Waals surface area contributed by atoms with Crippen molar-refractivity contribution in [3.63, 3.8) is 0 Å². The van der Waals surface area contributed by atoms with Crippen LogP contribution < -0.4 is 4.74 Å². The first kappa shape index (κ1) is 19.3. The molecule has 0 radical (unpaired) electrons. The third-order valence-electron chi connectivity index (χ3n) is 7.69. The Morgan fingerprint density at radius 3 is 2.41 bits per heavy atom. The highest BCUT2D eigenvalue weighted by molar-refractivity contribution is 5.29. The zero-order valence-electron chi connectivity index (χ0n) is 17.7. The molecule has 2 heteroatoms. The Balaban J connectivity index is 1.40. The second-order valence-electron chi connectivity index (χ2n) is 9.88. The first-order valence-corrected chi connectivity index (χ1v) is 11.5. The Bertz CT molecular complexity index is 607. The van der Waals surface area contributed by atoms with Gasteiger partial charge in [-0.2, -0.15) is 0 Å². The van der Waals surface area contributed by atoms with E-state index in [9.17, 15) is 0 Å². The summed E-state index contributed by atoms with van der Waals surface area (Å²) in [7, 11) is 0. The van der Waals surface area contributed by atoms with Crippen molar-refractivity contribution in [1.29, 1.82) is 0 Å². The number of benzene rings is 1. The summed E-state index contributed by atoms with van der Waals surface area (Å²) in [5.74, 6) is 5.84. The fourth-order valence-electron chi connectivity index (χ4n) is 6.14. The van der Waals surface area contributed by atoms with Gasteiger partial charge >= 0.3 is 0 Å². The predicted octanol–water partition coefficient (Wildman–Crippen LogP) is 6.79. The molecule has 3 fully saturated rings. The van der Waals surface area contributed by atoms with E-state index < -0.39 is 0 Å². The van der Waals surface area contributed by atoms with E-state index in [4.69, 9.17) is 9.47 Å². The van der Waals surface area contributed by atoms with Crippen LogP contribution in [0.15, 0.2) is 24.3 Å². The van der Waals surface area contributed by atoms with E-state index >= 15 is 0 Å². The van der Waals surface area contributed by atoms with Crippen LogP contribution in [0.25, 0.3) is 0 Å². The van der Waals surface area contributed by atoms with Gasteiger partial charge in [0.05, 0.1) is 6.10 Å². The lowest BCUT2D eigenvalue weighted by molar-refractivity contribution is -0.149. The minimum Gasteiger partial charge on any atom is -0.465 e. The van der Waals surface area contributed by atoms with Crippen LogP contribution in [0.4, 0.5) is 0 Å². The molecule has 1 aromatic rings. The van der Waals surface area contributed by atoms with Gasteiger partial charge in [0.1, 0.15) is 5.75 Å². The van der Waals surface area contributed by atoms with Crippen molar-refractivity contribution in [2.45, 2.75) is 91.0 Å². The summed E-state index contributed by atoms with van der Waals surface area (Å²) in [6, 6.07) is 8.70. The molecule has 7 atom stereocenters. The van der Waals surface area contributed by atoms with E-state index in [2.05, 4.69) is 52.0 Å². The summed E-state index contributed by atoms with van der Waals surface area (Å²) in [6.45, 7) is 9.05. The highest BCUT2D eigenvalue weighted by atomic mass is 16.7. The van der Waals surface area contributed by atoms with Crippen LogP contribution in [0.2, 0.25) is 0 Å². The molecule has 0 saturated heterocycles. The van der Waals surface area contributed by atoms with Gasteiger partial charge in [-0.25, -0.2) is 0 Å². The number of hydrogen-bond acceptors (Lipinski definition) is 2. The van der Waals surface area contributed by atoms with Gasteiger partial charge in [-0.3, -0.25) is 0 Å². The van der Waals surface area contributed by atoms with Crippen molar-refractivity contribution in [2.75, 3.05) is 0 Å². The van der Waals surface area contributed by atoms with Gasteiger partial charge in [0.2, 0.25) is 0 Å². The van der Waals surface area contributed by atoms with Crippen molar-refractivity contribution in [3.8, 4) is 5.75 Å². The largest absolute Gasteiger partial charge is 0.465 e. The van der Waals surface area contributed by atoms with E-state index in [1.807, 2.05) is 0 Å². The smallest absolute Gasteiger partial charge is 0.200 e. The molecule has 2 nitrogen and oxygen atoms in total. The summed E-state index contributed by atoms with van der Waals surface area (Å²) >= 11 is 0. The van der Waals surface area contributed by atoms with Crippen molar-refractivity contribution < 1.29 is 9.47 Å². The van der Waals surface area contributed by atoms with Gasteiger partial charge in [0.25, 0.3) is 0 Å². The average molecular weight is 371 g/mol. The van der Waals surface area contributed by atoms with Crippen LogP contribution in [0.5, 0.6) is 5.75 Å². The minimum atomic E-state index is -0.108. The Morgan fingerprint density at radius 2 is 1.70 bits per heavy atom. The van der Waals surface area contributed by atoms with Gasteiger partial charge in [-0.1, -0.05) is 46.2 Å². The molecule has 0 spiro atoms. The second-order valence-corrected chi connectivity index (χ2v) is 9.88. The van der Waals surface area contributed by atoms with Crippen LogP contribution in [0.3, 0.4) is 0 Å². The molecule has 2 bridgehead atoms. The Hall–Kier alpha value is -1.02. The molecule has 150 valence electrons. The number of ether oxygens (including phenoxy) is 2. The van der Waals surface area contributed by atoms with Crippen LogP contribution in [-0.4, -0.2) is 12.4 Å². The lowest BCUT2D eigenvalue weighted by Crippen LogP contribution is -2.36. The van der Waals surface area contributed by atoms with Crippen molar-refractivity contribution in [3.05, 3.63) is 29.8 Å². The molecule has 1 aromatic carbocycles. The van der Waals surface area contributed by atoms with E-state index in [0.29, 0.717) is 17.9 Å². The fraction of sp³-hybridized carbons (Fsp3) is 0.760. The van der Waals surface area contributed by atoms with Crippen LogP contribution in [-0.2, 0) is 4.74 Å². The molecule has 4 rings (SSSR count). The number of rotatable bonds is 8. The number of fused-ring (bicyclic) bond motifs is 5. The zero-order chi connectivity index (χ0) is 19.0. The summed E-state index contributed by atoms with van der Waals surface area (Å²) in [5.41, 5.74) is 1.39. The lowest BCUT2D eigenvalue weighted by atomic mass is 9.80. The predicted molar refractivity (Wildman–Crippen MR) is 111 cm³/mol. The third kappa shape index (κ3) is 4.06. The average Bonchev–Trinajstić information content (AvgIpc) is 3.34. The van der Waals surface area contributed by atoms with Gasteiger partial charge in [-0.15, -0.1) is 0 Å². The van der Waals surface area contributed by atoms with Gasteiger partial charge in [0, 0.05) is 6.42 Å². The summed E-state index contributed by atoms with van der Waals surface area (Å²) in [4.78, 5) is 0. The molecule has 27 heavy (non-hydrogen) atoms. The third-order valence-corrected chi connectivity index (χ3v) is 7.69. The monoisotopic (exact) mass is 370 g/mol. The van der Waals surface area contributed by atoms with Crippen LogP contribution in [0, 0.1) is 29.6 Å². The maximum atomic E-state index is 6.64. The minimum absolute atomic E-state index is 0.108. The molecule has 0 N–H and O–H groups in total. The highest BCUT2D eigenvalue weighted by Crippen LogP contribution is 2.59. The van der Waals surface area contributed by atoms with Gasteiger partial charge < -0.3 is 9.47 Å². The lowest BCUT2D eigenvalue weighted by Gasteiger charge is -2.34. The van der Waals surface area contributed by atoms with Crippen molar-refractivity contribution in [2.24, 2.45) is 29.6 Å². The van der Waals surface area contributed by atoms with E-state index in [1.165, 1.54) is 44.1 Å². The van der Waals surface area contributed by atoms with Gasteiger partial charge in [-0.05, 0) is 85.3 Å². The molecule has 3 aliphatic carbocycles. The van der Waals surface area contributed by atoms with Crippen LogP contribution in [0.1, 0.15) is 84.1 Å². The van der Waals surface area contributed by atoms with Crippen molar-refractivity contribution >= 4 is 0 Å². The van der Waals surface area contributed by atoms with Crippen LogP contribution >= 0.6 is 0 Å². The Kier molecular flexibility index (Phi) is 5.83. The molecular weight excluding hydrogens is 332 g/mol. The van der Waals surface area contributed by atoms with E-state index in [1.54, 1.807) is 0 Å². The number of hydrogen-bond donors (Lipinski definition) is 0. The molecule has 0 amide bonds. The SMILES string of the molecule is CCC(C)c1ccc(OC(CC(C)C)OC2CC3CC2C2CCCC32)cc1. The molecule has 7 unspecified atom stereocenters. The standard InChI is InChI=1S/C25H38O2/c1-5-17(4)18-9-11-20(12-10-18)26-25(13-16(2)3)27-24-15-19-14-23(24)22-8-6-7-21(19)22/h9-12,16-17,19,21-25H,5-8,13-15H2,1-4H3. The molecule has 0 aromatic heterocycles. The maximum Gasteiger partial charge on any atom is 0.200 e. The van der Waals surface area contributed by atoms with E-state index in [0.717, 1.165) is 35.8 Å². The second kappa shape index (κ2) is 8.15. The molecule has 0 aliphatic heterocycles. The van der Waals surface area contributed by atoms with E-state index in [-0.39, 0.29) is 6.29 Å². The molecule has 0 heterocycles. The fourth-order valence-corrected chi connectivity index (χ4v) is 6.14. The Morgan fingerprint density at radius 1 is 0.963 bits per heavy atom. The first-order valence-electron chi connectivity index (χ1n) is 11.5. The maximum absolute atomic E-state index is 6.64. The van der Waals surface area contributed by atoms with Gasteiger partial charge in [0.15, 0.2) is 6.29 Å². The zero-order valence-corrected chi connectivity index (χ0v) is 17.7. The highest BCUT2D eigenvalue weighted by Gasteiger charge is 2.54. The molecule has 3 saturated carbocycles. The first-order chi connectivity index (χ1) is 13.0. The summed E-state index contributed by atoms with van der Waals surface area (Å²) in [6.07, 6.45) is 9.52. The molecular formula is C25H38O2.